The Hall–Kier alpha value is -2.93. The third-order valence-electron chi connectivity index (χ3n) is 4.93. The number of hydrogen-bond donors (Lipinski definition) is 8. The summed E-state index contributed by atoms with van der Waals surface area (Å²) in [6, 6.07) is -4.51. The van der Waals surface area contributed by atoms with Gasteiger partial charge in [-0.2, -0.15) is 0 Å². The number of amides is 3. The second-order valence-corrected chi connectivity index (χ2v) is 9.04. The van der Waals surface area contributed by atoms with Crippen molar-refractivity contribution in [3.8, 4) is 0 Å². The predicted octanol–water partition coefficient (Wildman–Crippen LogP) is -2.01. The Balaban J connectivity index is 5.54. The van der Waals surface area contributed by atoms with Crippen LogP contribution < -0.4 is 33.2 Å². The van der Waals surface area contributed by atoms with E-state index in [1.807, 2.05) is 13.8 Å². The Bertz CT molecular complexity index is 722. The molecule has 0 radical (unpaired) electrons. The molecule has 0 aliphatic carbocycles. The first-order valence-electron chi connectivity index (χ1n) is 11.3. The fraction of sp³-hybridized carbons (Fsp3) is 0.762. The molecule has 13 heteroatoms. The van der Waals surface area contributed by atoms with Crippen LogP contribution in [-0.2, 0) is 19.2 Å². The molecule has 5 atom stereocenters. The van der Waals surface area contributed by atoms with Crippen LogP contribution in [0.2, 0.25) is 0 Å². The number of rotatable bonds is 15. The SMILES string of the molecule is CC(C)CC(N)C(=O)NC(C(=O)NC(CCCN=C(N)N)C(=O)NC(C(=O)O)C(C)O)C(C)C. The number of aliphatic imine (C=N–C) groups is 1. The lowest BCUT2D eigenvalue weighted by Gasteiger charge is -2.27. The second-order valence-electron chi connectivity index (χ2n) is 9.04. The van der Waals surface area contributed by atoms with Crippen molar-refractivity contribution >= 4 is 29.7 Å². The quantitative estimate of drug-likeness (QED) is 0.0722. The molecule has 196 valence electrons. The van der Waals surface area contributed by atoms with Crippen molar-refractivity contribution in [3.05, 3.63) is 0 Å². The molecular weight excluding hydrogens is 446 g/mol. The second kappa shape index (κ2) is 15.1. The molecule has 0 saturated carbocycles. The first-order chi connectivity index (χ1) is 15.7. The van der Waals surface area contributed by atoms with Gasteiger partial charge < -0.3 is 43.4 Å². The average Bonchev–Trinajstić information content (AvgIpc) is 2.70. The van der Waals surface area contributed by atoms with Crippen molar-refractivity contribution in [2.75, 3.05) is 6.54 Å². The van der Waals surface area contributed by atoms with Gasteiger partial charge in [0.1, 0.15) is 12.1 Å². The van der Waals surface area contributed by atoms with E-state index in [2.05, 4.69) is 20.9 Å². The van der Waals surface area contributed by atoms with Crippen LogP contribution in [0.4, 0.5) is 0 Å². The van der Waals surface area contributed by atoms with Crippen molar-refractivity contribution in [3.63, 3.8) is 0 Å². The molecule has 0 spiro atoms. The van der Waals surface area contributed by atoms with E-state index >= 15 is 0 Å². The number of carboxylic acids is 1. The van der Waals surface area contributed by atoms with Gasteiger partial charge in [0, 0.05) is 6.54 Å². The molecule has 0 fully saturated rings. The molecule has 3 amide bonds. The van der Waals surface area contributed by atoms with Gasteiger partial charge in [0.2, 0.25) is 17.7 Å². The fourth-order valence-electron chi connectivity index (χ4n) is 3.09. The minimum Gasteiger partial charge on any atom is -0.480 e. The smallest absolute Gasteiger partial charge is 0.328 e. The summed E-state index contributed by atoms with van der Waals surface area (Å²) in [6.07, 6.45) is -0.568. The maximum absolute atomic E-state index is 13.0. The zero-order valence-electron chi connectivity index (χ0n) is 20.6. The van der Waals surface area contributed by atoms with Crippen LogP contribution in [0.15, 0.2) is 4.99 Å². The van der Waals surface area contributed by atoms with Gasteiger partial charge >= 0.3 is 5.97 Å². The highest BCUT2D eigenvalue weighted by Crippen LogP contribution is 2.08. The van der Waals surface area contributed by atoms with Crippen LogP contribution in [-0.4, -0.2) is 76.7 Å². The molecule has 0 aromatic rings. The molecule has 0 rings (SSSR count). The standard InChI is InChI=1S/C21H41N7O6/c1-10(2)9-13(22)17(30)27-15(11(3)4)19(32)26-14(7-6-8-25-21(23)24)18(31)28-16(12(5)29)20(33)34/h10-16,29H,6-9,22H2,1-5H3,(H,26,32)(H,27,30)(H,28,31)(H,33,34)(H4,23,24,25). The minimum atomic E-state index is -1.57. The number of carbonyl (C=O) groups is 4. The Kier molecular flexibility index (Phi) is 13.8. The van der Waals surface area contributed by atoms with Crippen molar-refractivity contribution in [1.82, 2.24) is 16.0 Å². The normalized spacial score (nSPS) is 15.6. The fourth-order valence-corrected chi connectivity index (χ4v) is 3.09. The highest BCUT2D eigenvalue weighted by Gasteiger charge is 2.32. The zero-order chi connectivity index (χ0) is 26.6. The summed E-state index contributed by atoms with van der Waals surface area (Å²) < 4.78 is 0. The van der Waals surface area contributed by atoms with E-state index in [0.29, 0.717) is 12.8 Å². The summed E-state index contributed by atoms with van der Waals surface area (Å²) in [7, 11) is 0. The third-order valence-corrected chi connectivity index (χ3v) is 4.93. The van der Waals surface area contributed by atoms with Gasteiger partial charge in [-0.25, -0.2) is 4.79 Å². The van der Waals surface area contributed by atoms with Gasteiger partial charge in [-0.3, -0.25) is 19.4 Å². The minimum absolute atomic E-state index is 0.0755. The van der Waals surface area contributed by atoms with E-state index in [9.17, 15) is 29.4 Å². The molecule has 0 heterocycles. The third kappa shape index (κ3) is 11.8. The van der Waals surface area contributed by atoms with Gasteiger partial charge in [0.05, 0.1) is 12.1 Å². The summed E-state index contributed by atoms with van der Waals surface area (Å²) in [4.78, 5) is 53.4. The molecule has 0 aromatic carbocycles. The monoisotopic (exact) mass is 487 g/mol. The summed E-state index contributed by atoms with van der Waals surface area (Å²) in [5.74, 6) is -3.64. The van der Waals surface area contributed by atoms with Crippen LogP contribution >= 0.6 is 0 Å². The first kappa shape index (κ1) is 31.1. The van der Waals surface area contributed by atoms with Crippen molar-refractivity contribution in [2.24, 2.45) is 34.0 Å². The van der Waals surface area contributed by atoms with Crippen LogP contribution in [0.5, 0.6) is 0 Å². The number of nitrogens with zero attached hydrogens (tertiary/aromatic N) is 1. The number of aliphatic hydroxyl groups excluding tert-OH is 1. The Morgan fingerprint density at radius 3 is 1.88 bits per heavy atom. The molecule has 34 heavy (non-hydrogen) atoms. The molecule has 0 saturated heterocycles. The van der Waals surface area contributed by atoms with Gasteiger partial charge in [-0.15, -0.1) is 0 Å². The Morgan fingerprint density at radius 2 is 1.44 bits per heavy atom. The maximum atomic E-state index is 13.0. The van der Waals surface area contributed by atoms with Gasteiger partial charge in [0.15, 0.2) is 12.0 Å². The Labute approximate surface area is 200 Å². The number of aliphatic carboxylic acids is 1. The van der Waals surface area contributed by atoms with Crippen molar-refractivity contribution in [1.29, 1.82) is 0 Å². The number of hydrogen-bond acceptors (Lipinski definition) is 7. The number of nitrogens with one attached hydrogen (secondary N) is 3. The topological polar surface area (TPSA) is 235 Å². The van der Waals surface area contributed by atoms with Crippen LogP contribution in [0.3, 0.4) is 0 Å². The number of aliphatic hydroxyl groups is 1. The lowest BCUT2D eigenvalue weighted by molar-refractivity contribution is -0.145. The highest BCUT2D eigenvalue weighted by molar-refractivity contribution is 5.94. The molecular formula is C21H41N7O6. The van der Waals surface area contributed by atoms with E-state index in [1.165, 1.54) is 6.92 Å². The molecule has 0 bridgehead atoms. The molecule has 11 N–H and O–H groups in total. The van der Waals surface area contributed by atoms with Gasteiger partial charge in [-0.05, 0) is 38.0 Å². The lowest BCUT2D eigenvalue weighted by Crippen LogP contribution is -2.59. The van der Waals surface area contributed by atoms with Crippen molar-refractivity contribution < 1.29 is 29.4 Å². The van der Waals surface area contributed by atoms with Gasteiger partial charge in [-0.1, -0.05) is 27.7 Å². The molecule has 0 aliphatic heterocycles. The van der Waals surface area contributed by atoms with E-state index in [0.717, 1.165) is 0 Å². The van der Waals surface area contributed by atoms with Crippen LogP contribution in [0.1, 0.15) is 53.9 Å². The van der Waals surface area contributed by atoms with E-state index in [-0.39, 0.29) is 30.8 Å². The number of guanidine groups is 1. The van der Waals surface area contributed by atoms with Crippen molar-refractivity contribution in [2.45, 2.75) is 84.2 Å². The molecule has 0 aromatic heterocycles. The lowest BCUT2D eigenvalue weighted by atomic mass is 9.99. The van der Waals surface area contributed by atoms with E-state index in [4.69, 9.17) is 17.2 Å². The van der Waals surface area contributed by atoms with Crippen LogP contribution in [0.25, 0.3) is 0 Å². The Morgan fingerprint density at radius 1 is 0.882 bits per heavy atom. The van der Waals surface area contributed by atoms with E-state index in [1.54, 1.807) is 13.8 Å². The molecule has 0 aliphatic rings. The maximum Gasteiger partial charge on any atom is 0.328 e. The van der Waals surface area contributed by atoms with E-state index < -0.39 is 54.0 Å². The number of carbonyl (C=O) groups excluding carboxylic acids is 3. The molecule has 5 unspecified atom stereocenters. The summed E-state index contributed by atoms with van der Waals surface area (Å²) in [6.45, 7) is 8.68. The highest BCUT2D eigenvalue weighted by atomic mass is 16.4. The van der Waals surface area contributed by atoms with Gasteiger partial charge in [0.25, 0.3) is 0 Å². The summed E-state index contributed by atoms with van der Waals surface area (Å²) in [5, 5.41) is 26.3. The number of carboxylic acid groups (broad SMARTS) is 1. The summed E-state index contributed by atoms with van der Waals surface area (Å²) in [5.41, 5.74) is 16.5. The average molecular weight is 488 g/mol. The summed E-state index contributed by atoms with van der Waals surface area (Å²) >= 11 is 0. The largest absolute Gasteiger partial charge is 0.480 e. The first-order valence-corrected chi connectivity index (χ1v) is 11.3. The predicted molar refractivity (Wildman–Crippen MR) is 127 cm³/mol. The number of nitrogens with two attached hydrogens (primary N) is 3. The van der Waals surface area contributed by atoms with Crippen LogP contribution in [0, 0.1) is 11.8 Å². The zero-order valence-corrected chi connectivity index (χ0v) is 20.6. The molecule has 13 nitrogen and oxygen atoms in total.